The van der Waals surface area contributed by atoms with Gasteiger partial charge in [-0.3, -0.25) is 9.59 Å². The first kappa shape index (κ1) is 20.4. The van der Waals surface area contributed by atoms with Crippen LogP contribution in [0.3, 0.4) is 0 Å². The fourth-order valence-electron chi connectivity index (χ4n) is 3.40. The molecule has 1 heterocycles. The predicted octanol–water partition coefficient (Wildman–Crippen LogP) is 5.12. The molecule has 0 radical (unpaired) electrons. The lowest BCUT2D eigenvalue weighted by Crippen LogP contribution is -2.33. The summed E-state index contributed by atoms with van der Waals surface area (Å²) < 4.78 is 41.9. The Balaban J connectivity index is 1.88. The molecule has 0 saturated carbocycles. The first-order chi connectivity index (χ1) is 14.8. The third-order valence-corrected chi connectivity index (χ3v) is 5.12. The molecule has 156 valence electrons. The molecule has 0 saturated heterocycles. The highest BCUT2D eigenvalue weighted by Crippen LogP contribution is 2.35. The van der Waals surface area contributed by atoms with Crippen LogP contribution in [-0.4, -0.2) is 11.8 Å². The maximum atomic E-state index is 14.4. The van der Waals surface area contributed by atoms with Gasteiger partial charge in [-0.05, 0) is 60.9 Å². The van der Waals surface area contributed by atoms with Gasteiger partial charge in [0.15, 0.2) is 0 Å². The monoisotopic (exact) mass is 422 g/mol. The number of nitrogens with zero attached hydrogens (tertiary/aromatic N) is 1. The quantitative estimate of drug-likeness (QED) is 0.594. The molecule has 3 aromatic carbocycles. The highest BCUT2D eigenvalue weighted by Gasteiger charge is 2.41. The zero-order valence-electron chi connectivity index (χ0n) is 16.7. The number of rotatable bonds is 4. The van der Waals surface area contributed by atoms with Crippen LogP contribution in [0.15, 0.2) is 66.4 Å². The first-order valence-corrected chi connectivity index (χ1v) is 9.44. The van der Waals surface area contributed by atoms with Crippen molar-refractivity contribution < 1.29 is 22.8 Å². The Morgan fingerprint density at radius 3 is 2.23 bits per heavy atom. The second-order valence-electron chi connectivity index (χ2n) is 7.23. The Kier molecular flexibility index (Phi) is 5.10. The topological polar surface area (TPSA) is 49.4 Å². The first-order valence-electron chi connectivity index (χ1n) is 9.44. The number of imide groups is 1. The maximum absolute atomic E-state index is 14.4. The number of aryl methyl sites for hydroxylation is 2. The van der Waals surface area contributed by atoms with Crippen molar-refractivity contribution in [2.45, 2.75) is 13.8 Å². The number of hydrogen-bond donors (Lipinski definition) is 1. The number of carbonyl (C=O) groups excluding carboxylic acids is 2. The van der Waals surface area contributed by atoms with E-state index in [4.69, 9.17) is 0 Å². The lowest BCUT2D eigenvalue weighted by atomic mass is 9.99. The Bertz CT molecular complexity index is 1270. The summed E-state index contributed by atoms with van der Waals surface area (Å²) in [6, 6.07) is 13.1. The van der Waals surface area contributed by atoms with Gasteiger partial charge in [-0.25, -0.2) is 18.1 Å². The van der Waals surface area contributed by atoms with Crippen LogP contribution in [0.2, 0.25) is 0 Å². The third kappa shape index (κ3) is 3.70. The molecule has 3 aromatic rings. The molecule has 4 rings (SSSR count). The highest BCUT2D eigenvalue weighted by molar-refractivity contribution is 6.46. The van der Waals surface area contributed by atoms with Crippen molar-refractivity contribution in [3.05, 3.63) is 101 Å². The molecule has 1 N–H and O–H groups in total. The number of nitrogens with one attached hydrogen (secondary N) is 1. The SMILES string of the molecule is Cc1ccc(C2=C(Nc3cccc(F)c3)C(=O)N(c3cc(F)ccc3F)C2=O)cc1C. The number of anilines is 2. The van der Waals surface area contributed by atoms with Crippen LogP contribution in [0, 0.1) is 31.3 Å². The Hall–Kier alpha value is -3.87. The van der Waals surface area contributed by atoms with E-state index in [1.807, 2.05) is 13.8 Å². The van der Waals surface area contributed by atoms with E-state index in [1.165, 1.54) is 18.2 Å². The number of carbonyl (C=O) groups is 2. The summed E-state index contributed by atoms with van der Waals surface area (Å²) >= 11 is 0. The van der Waals surface area contributed by atoms with E-state index in [0.29, 0.717) is 10.5 Å². The van der Waals surface area contributed by atoms with E-state index in [1.54, 1.807) is 18.2 Å². The van der Waals surface area contributed by atoms with E-state index in [9.17, 15) is 22.8 Å². The van der Waals surface area contributed by atoms with Crippen molar-refractivity contribution in [1.82, 2.24) is 0 Å². The molecule has 0 bridgehead atoms. The van der Waals surface area contributed by atoms with E-state index in [-0.39, 0.29) is 17.0 Å². The van der Waals surface area contributed by atoms with E-state index >= 15 is 0 Å². The van der Waals surface area contributed by atoms with Crippen molar-refractivity contribution in [1.29, 1.82) is 0 Å². The van der Waals surface area contributed by atoms with Crippen molar-refractivity contribution in [3.63, 3.8) is 0 Å². The molecule has 1 aliphatic rings. The molecule has 0 aromatic heterocycles. The van der Waals surface area contributed by atoms with Crippen LogP contribution >= 0.6 is 0 Å². The molecule has 7 heteroatoms. The van der Waals surface area contributed by atoms with Crippen molar-refractivity contribution >= 4 is 28.8 Å². The smallest absolute Gasteiger partial charge is 0.282 e. The Labute approximate surface area is 176 Å². The fraction of sp³-hybridized carbons (Fsp3) is 0.0833. The second kappa shape index (κ2) is 7.75. The van der Waals surface area contributed by atoms with E-state index < -0.39 is 35.0 Å². The van der Waals surface area contributed by atoms with Crippen LogP contribution in [0.4, 0.5) is 24.5 Å². The number of halogens is 3. The van der Waals surface area contributed by atoms with E-state index in [0.717, 1.165) is 35.4 Å². The Morgan fingerprint density at radius 2 is 1.52 bits per heavy atom. The van der Waals surface area contributed by atoms with Crippen molar-refractivity contribution in [2.75, 3.05) is 10.2 Å². The van der Waals surface area contributed by atoms with Crippen molar-refractivity contribution in [3.8, 4) is 0 Å². The Morgan fingerprint density at radius 1 is 0.774 bits per heavy atom. The molecule has 31 heavy (non-hydrogen) atoms. The number of benzene rings is 3. The van der Waals surface area contributed by atoms with E-state index in [2.05, 4.69) is 5.32 Å². The van der Waals surface area contributed by atoms with Crippen LogP contribution in [0.1, 0.15) is 16.7 Å². The second-order valence-corrected chi connectivity index (χ2v) is 7.23. The lowest BCUT2D eigenvalue weighted by Gasteiger charge is -2.16. The molecular weight excluding hydrogens is 405 g/mol. The molecule has 0 atom stereocenters. The molecule has 0 fully saturated rings. The number of amides is 2. The predicted molar refractivity (Wildman–Crippen MR) is 112 cm³/mol. The summed E-state index contributed by atoms with van der Waals surface area (Å²) in [4.78, 5) is 27.1. The zero-order valence-corrected chi connectivity index (χ0v) is 16.7. The summed E-state index contributed by atoms with van der Waals surface area (Å²) in [5.41, 5.74) is 1.87. The largest absolute Gasteiger partial charge is 0.350 e. The normalized spacial score (nSPS) is 13.9. The van der Waals surface area contributed by atoms with Gasteiger partial charge >= 0.3 is 0 Å². The minimum Gasteiger partial charge on any atom is -0.350 e. The summed E-state index contributed by atoms with van der Waals surface area (Å²) in [7, 11) is 0. The molecule has 4 nitrogen and oxygen atoms in total. The highest BCUT2D eigenvalue weighted by atomic mass is 19.1. The molecule has 1 aliphatic heterocycles. The van der Waals surface area contributed by atoms with Gasteiger partial charge in [-0.15, -0.1) is 0 Å². The maximum Gasteiger partial charge on any atom is 0.282 e. The van der Waals surface area contributed by atoms with Gasteiger partial charge < -0.3 is 5.32 Å². The fourth-order valence-corrected chi connectivity index (χ4v) is 3.40. The van der Waals surface area contributed by atoms with Gasteiger partial charge in [0.1, 0.15) is 23.1 Å². The summed E-state index contributed by atoms with van der Waals surface area (Å²) in [6.07, 6.45) is 0. The average molecular weight is 422 g/mol. The summed E-state index contributed by atoms with van der Waals surface area (Å²) in [6.45, 7) is 3.75. The third-order valence-electron chi connectivity index (χ3n) is 5.12. The number of hydrogen-bond acceptors (Lipinski definition) is 3. The van der Waals surface area contributed by atoms with Crippen LogP contribution in [-0.2, 0) is 9.59 Å². The van der Waals surface area contributed by atoms with Gasteiger partial charge in [0, 0.05) is 11.8 Å². The van der Waals surface area contributed by atoms with Gasteiger partial charge in [0.2, 0.25) is 0 Å². The minimum absolute atomic E-state index is 0.0129. The standard InChI is InChI=1S/C24H17F3N2O2/c1-13-6-7-15(10-14(13)2)21-22(28-18-5-3-4-16(25)11-18)24(31)29(23(21)30)20-12-17(26)8-9-19(20)27/h3-12,28H,1-2H3. The van der Waals surface area contributed by atoms with Gasteiger partial charge in [0.25, 0.3) is 11.8 Å². The molecule has 0 aliphatic carbocycles. The molecule has 0 unspecified atom stereocenters. The van der Waals surface area contributed by atoms with Gasteiger partial charge in [-0.2, -0.15) is 0 Å². The molecule has 0 spiro atoms. The van der Waals surface area contributed by atoms with Gasteiger partial charge in [0.05, 0.1) is 11.3 Å². The average Bonchev–Trinajstić information content (AvgIpc) is 2.96. The summed E-state index contributed by atoms with van der Waals surface area (Å²) in [5.74, 6) is -3.93. The van der Waals surface area contributed by atoms with Crippen LogP contribution < -0.4 is 10.2 Å². The summed E-state index contributed by atoms with van der Waals surface area (Å²) in [5, 5.41) is 2.79. The van der Waals surface area contributed by atoms with Crippen LogP contribution in [0.25, 0.3) is 5.57 Å². The van der Waals surface area contributed by atoms with Gasteiger partial charge in [-0.1, -0.05) is 24.3 Å². The van der Waals surface area contributed by atoms with Crippen molar-refractivity contribution in [2.24, 2.45) is 0 Å². The van der Waals surface area contributed by atoms with Crippen LogP contribution in [0.5, 0.6) is 0 Å². The molecular formula is C24H17F3N2O2. The zero-order chi connectivity index (χ0) is 22.3. The minimum atomic E-state index is -0.922. The molecule has 2 amide bonds. The lowest BCUT2D eigenvalue weighted by molar-refractivity contribution is -0.120.